The Kier molecular flexibility index (Phi) is 1.46. The van der Waals surface area contributed by atoms with Crippen LogP contribution in [-0.2, 0) is 0 Å². The quantitative estimate of drug-likeness (QED) is 0.398. The van der Waals surface area contributed by atoms with Gasteiger partial charge < -0.3 is 0 Å². The summed E-state index contributed by atoms with van der Waals surface area (Å²) in [5.41, 5.74) is 0. The molecule has 1 aliphatic rings. The highest BCUT2D eigenvalue weighted by Crippen LogP contribution is 2.23. The van der Waals surface area contributed by atoms with Gasteiger partial charge in [-0.15, -0.1) is 4.91 Å². The second-order valence-corrected chi connectivity index (χ2v) is 2.24. The van der Waals surface area contributed by atoms with Crippen molar-refractivity contribution >= 4 is 0 Å². The molecule has 8 heavy (non-hydrogen) atoms. The van der Waals surface area contributed by atoms with Gasteiger partial charge in [-0.3, -0.25) is 5.01 Å². The van der Waals surface area contributed by atoms with Crippen LogP contribution in [0.4, 0.5) is 0 Å². The van der Waals surface area contributed by atoms with Crippen LogP contribution in [0.3, 0.4) is 0 Å². The van der Waals surface area contributed by atoms with E-state index < -0.39 is 0 Å². The lowest BCUT2D eigenvalue weighted by Gasteiger charge is -2.29. The second-order valence-electron chi connectivity index (χ2n) is 2.24. The van der Waals surface area contributed by atoms with E-state index in [0.29, 0.717) is 6.04 Å². The molecule has 1 rings (SSSR count). The lowest BCUT2D eigenvalue weighted by molar-refractivity contribution is 0.163. The molecule has 0 aromatic carbocycles. The average molecular weight is 114 g/mol. The summed E-state index contributed by atoms with van der Waals surface area (Å²) in [5.74, 6) is 0. The standard InChI is InChI=1S/C5H10N2O/c1-7(6-8)5-3-2-4-5/h5H,2-4H2,1H3. The Morgan fingerprint density at radius 3 is 2.38 bits per heavy atom. The molecule has 1 saturated carbocycles. The Labute approximate surface area is 48.6 Å². The van der Waals surface area contributed by atoms with Crippen molar-refractivity contribution in [3.63, 3.8) is 0 Å². The minimum absolute atomic E-state index is 0.451. The highest BCUT2D eigenvalue weighted by molar-refractivity contribution is 4.75. The highest BCUT2D eigenvalue weighted by Gasteiger charge is 2.21. The third-order valence-corrected chi connectivity index (χ3v) is 1.73. The maximum atomic E-state index is 9.82. The van der Waals surface area contributed by atoms with Crippen molar-refractivity contribution in [2.24, 2.45) is 5.29 Å². The van der Waals surface area contributed by atoms with Crippen molar-refractivity contribution in [1.29, 1.82) is 0 Å². The molecule has 0 atom stereocenters. The fraction of sp³-hybridized carbons (Fsp3) is 1.00. The van der Waals surface area contributed by atoms with Gasteiger partial charge in [0.2, 0.25) is 0 Å². The van der Waals surface area contributed by atoms with Gasteiger partial charge in [0.05, 0.1) is 5.29 Å². The molecule has 0 unspecified atom stereocenters. The zero-order valence-electron chi connectivity index (χ0n) is 5.00. The Morgan fingerprint density at radius 1 is 1.62 bits per heavy atom. The van der Waals surface area contributed by atoms with Gasteiger partial charge in [-0.25, -0.2) is 0 Å². The molecular formula is C5H10N2O. The molecule has 1 fully saturated rings. The van der Waals surface area contributed by atoms with Crippen LogP contribution >= 0.6 is 0 Å². The van der Waals surface area contributed by atoms with Gasteiger partial charge in [0.25, 0.3) is 0 Å². The van der Waals surface area contributed by atoms with Gasteiger partial charge >= 0.3 is 0 Å². The number of hydrogen-bond donors (Lipinski definition) is 0. The van der Waals surface area contributed by atoms with Gasteiger partial charge in [-0.1, -0.05) is 0 Å². The summed E-state index contributed by atoms with van der Waals surface area (Å²) in [7, 11) is 1.73. The van der Waals surface area contributed by atoms with E-state index in [9.17, 15) is 4.91 Å². The largest absolute Gasteiger partial charge is 0.261 e. The normalized spacial score (nSPS) is 19.6. The van der Waals surface area contributed by atoms with E-state index >= 15 is 0 Å². The summed E-state index contributed by atoms with van der Waals surface area (Å²) in [6.45, 7) is 0. The van der Waals surface area contributed by atoms with Crippen LogP contribution in [-0.4, -0.2) is 18.1 Å². The Balaban J connectivity index is 2.22. The molecule has 0 bridgehead atoms. The van der Waals surface area contributed by atoms with Gasteiger partial charge in [-0.05, 0) is 19.3 Å². The van der Waals surface area contributed by atoms with Crippen LogP contribution in [0, 0.1) is 4.91 Å². The molecule has 0 spiro atoms. The Hall–Kier alpha value is -0.600. The fourth-order valence-electron chi connectivity index (χ4n) is 0.827. The first-order chi connectivity index (χ1) is 3.84. The van der Waals surface area contributed by atoms with Gasteiger partial charge in [0.1, 0.15) is 0 Å². The predicted molar refractivity (Wildman–Crippen MR) is 31.2 cm³/mol. The zero-order valence-corrected chi connectivity index (χ0v) is 5.00. The second kappa shape index (κ2) is 2.11. The molecule has 0 aromatic rings. The molecule has 0 N–H and O–H groups in total. The van der Waals surface area contributed by atoms with Gasteiger partial charge in [0, 0.05) is 13.1 Å². The molecule has 0 aromatic heterocycles. The number of nitrogens with zero attached hydrogens (tertiary/aromatic N) is 2. The molecule has 3 heteroatoms. The van der Waals surface area contributed by atoms with Crippen molar-refractivity contribution < 1.29 is 0 Å². The van der Waals surface area contributed by atoms with Crippen LogP contribution in [0.25, 0.3) is 0 Å². The summed E-state index contributed by atoms with van der Waals surface area (Å²) in [6.07, 6.45) is 3.54. The van der Waals surface area contributed by atoms with Crippen LogP contribution in [0.2, 0.25) is 0 Å². The Morgan fingerprint density at radius 2 is 2.25 bits per heavy atom. The smallest absolute Gasteiger partial charge is 0.0523 e. The molecular weight excluding hydrogens is 104 g/mol. The molecule has 3 nitrogen and oxygen atoms in total. The van der Waals surface area contributed by atoms with E-state index in [4.69, 9.17) is 0 Å². The molecule has 0 amide bonds. The summed E-state index contributed by atoms with van der Waals surface area (Å²) in [6, 6.07) is 0.451. The third kappa shape index (κ3) is 0.804. The number of hydrogen-bond acceptors (Lipinski definition) is 2. The van der Waals surface area contributed by atoms with Crippen molar-refractivity contribution in [2.45, 2.75) is 25.3 Å². The molecule has 0 saturated heterocycles. The first-order valence-corrected chi connectivity index (χ1v) is 2.90. The van der Waals surface area contributed by atoms with Crippen LogP contribution in [0.1, 0.15) is 19.3 Å². The maximum Gasteiger partial charge on any atom is 0.0523 e. The first kappa shape index (κ1) is 5.54. The first-order valence-electron chi connectivity index (χ1n) is 2.90. The monoisotopic (exact) mass is 114 g/mol. The SMILES string of the molecule is CN(N=O)C1CCC1. The van der Waals surface area contributed by atoms with Crippen LogP contribution in [0.5, 0.6) is 0 Å². The minimum Gasteiger partial charge on any atom is -0.261 e. The van der Waals surface area contributed by atoms with Crippen molar-refractivity contribution in [1.82, 2.24) is 5.01 Å². The molecule has 0 aliphatic heterocycles. The van der Waals surface area contributed by atoms with E-state index in [-0.39, 0.29) is 0 Å². The highest BCUT2D eigenvalue weighted by atomic mass is 16.3. The molecule has 1 aliphatic carbocycles. The summed E-state index contributed by atoms with van der Waals surface area (Å²) >= 11 is 0. The van der Waals surface area contributed by atoms with Gasteiger partial charge in [0.15, 0.2) is 0 Å². The van der Waals surface area contributed by atoms with Gasteiger partial charge in [-0.2, -0.15) is 0 Å². The molecule has 46 valence electrons. The fourth-order valence-corrected chi connectivity index (χ4v) is 0.827. The summed E-state index contributed by atoms with van der Waals surface area (Å²) in [4.78, 5) is 9.82. The zero-order chi connectivity index (χ0) is 5.98. The van der Waals surface area contributed by atoms with Crippen molar-refractivity contribution in [3.05, 3.63) is 4.91 Å². The van der Waals surface area contributed by atoms with E-state index in [0.717, 1.165) is 12.8 Å². The van der Waals surface area contributed by atoms with E-state index in [1.807, 2.05) is 0 Å². The van der Waals surface area contributed by atoms with Crippen molar-refractivity contribution in [2.75, 3.05) is 7.05 Å². The van der Waals surface area contributed by atoms with E-state index in [2.05, 4.69) is 5.29 Å². The van der Waals surface area contributed by atoms with Crippen molar-refractivity contribution in [3.8, 4) is 0 Å². The topological polar surface area (TPSA) is 32.7 Å². The third-order valence-electron chi connectivity index (χ3n) is 1.73. The van der Waals surface area contributed by atoms with E-state index in [1.54, 1.807) is 7.05 Å². The summed E-state index contributed by atoms with van der Waals surface area (Å²) in [5, 5.41) is 4.30. The lowest BCUT2D eigenvalue weighted by atomic mass is 9.93. The maximum absolute atomic E-state index is 9.82. The minimum atomic E-state index is 0.451. The number of rotatable bonds is 2. The Bertz CT molecular complexity index is 90.4. The average Bonchev–Trinajstić information content (AvgIpc) is 1.62. The van der Waals surface area contributed by atoms with Crippen LogP contribution < -0.4 is 0 Å². The van der Waals surface area contributed by atoms with E-state index in [1.165, 1.54) is 11.4 Å². The summed E-state index contributed by atoms with van der Waals surface area (Å²) < 4.78 is 0. The lowest BCUT2D eigenvalue weighted by Crippen LogP contribution is -2.32. The van der Waals surface area contributed by atoms with Crippen LogP contribution in [0.15, 0.2) is 5.29 Å². The number of nitroso groups, excluding NO2 is 1. The molecule has 0 radical (unpaired) electrons. The molecule has 0 heterocycles. The predicted octanol–water partition coefficient (Wildman–Crippen LogP) is 1.15.